The van der Waals surface area contributed by atoms with Crippen LogP contribution in [0.1, 0.15) is 59.5 Å². The van der Waals surface area contributed by atoms with Gasteiger partial charge < -0.3 is 34.7 Å². The number of amides is 6. The molecule has 16 nitrogen and oxygen atoms in total. The third kappa shape index (κ3) is 8.31. The lowest BCUT2D eigenvalue weighted by molar-refractivity contribution is -0.147. The molecule has 1 aliphatic carbocycles. The van der Waals surface area contributed by atoms with Crippen LogP contribution in [0.15, 0.2) is 103 Å². The van der Waals surface area contributed by atoms with Crippen molar-refractivity contribution < 1.29 is 57.6 Å². The minimum Gasteiger partial charge on any atom is -0.491 e. The van der Waals surface area contributed by atoms with E-state index in [0.717, 1.165) is 47.7 Å². The van der Waals surface area contributed by atoms with Crippen LogP contribution in [0.2, 0.25) is 0 Å². The number of benzene rings is 6. The number of hydrogen-bond donors (Lipinski definition) is 3. The van der Waals surface area contributed by atoms with E-state index in [-0.39, 0.29) is 62.1 Å². The molecule has 2 bridgehead atoms. The first kappa shape index (κ1) is 47.6. The van der Waals surface area contributed by atoms with Crippen LogP contribution in [-0.2, 0) is 46.3 Å². The van der Waals surface area contributed by atoms with Gasteiger partial charge in [-0.05, 0) is 95.3 Å². The van der Waals surface area contributed by atoms with Crippen molar-refractivity contribution in [3.05, 3.63) is 131 Å². The summed E-state index contributed by atoms with van der Waals surface area (Å²) in [6.45, 7) is 5.89. The van der Waals surface area contributed by atoms with Gasteiger partial charge in [0.1, 0.15) is 30.3 Å². The summed E-state index contributed by atoms with van der Waals surface area (Å²) < 4.78 is 23.9. The van der Waals surface area contributed by atoms with Crippen molar-refractivity contribution >= 4 is 74.2 Å². The van der Waals surface area contributed by atoms with E-state index in [1.807, 2.05) is 30.3 Å². The fraction of sp³-hybridized carbons (Fsp3) is 0.351. The first-order valence-electron chi connectivity index (χ1n) is 24.7. The first-order valence-corrected chi connectivity index (χ1v) is 24.7. The third-order valence-corrected chi connectivity index (χ3v) is 15.1. The van der Waals surface area contributed by atoms with Crippen LogP contribution in [0.4, 0.5) is 4.79 Å². The Bertz CT molecular complexity index is 3260. The molecule has 0 spiro atoms. The molecule has 6 aromatic carbocycles. The van der Waals surface area contributed by atoms with E-state index >= 15 is 0 Å². The fourth-order valence-corrected chi connectivity index (χ4v) is 11.7. The number of nitrogens with one attached hydrogen (secondary N) is 2. The fourth-order valence-electron chi connectivity index (χ4n) is 11.7. The lowest BCUT2D eigenvalue weighted by Gasteiger charge is -2.32. The summed E-state index contributed by atoms with van der Waals surface area (Å²) in [6.07, 6.45) is 0.905. The number of imide groups is 2. The second-order valence-electron chi connectivity index (χ2n) is 20.7. The van der Waals surface area contributed by atoms with Crippen molar-refractivity contribution in [1.29, 1.82) is 0 Å². The van der Waals surface area contributed by atoms with Gasteiger partial charge >= 0.3 is 6.09 Å². The maximum Gasteiger partial charge on any atom is 0.407 e. The van der Waals surface area contributed by atoms with E-state index in [1.165, 1.54) is 0 Å². The van der Waals surface area contributed by atoms with Crippen molar-refractivity contribution in [2.75, 3.05) is 26.3 Å². The number of rotatable bonds is 15. The van der Waals surface area contributed by atoms with Gasteiger partial charge in [-0.1, -0.05) is 91.0 Å². The molecule has 16 heteroatoms. The Balaban J connectivity index is 0.841. The number of aldehydes is 1. The molecule has 0 radical (unpaired) electrons. The molecule has 11 rings (SSSR count). The van der Waals surface area contributed by atoms with E-state index in [2.05, 4.69) is 34.9 Å². The molecular weight excluding hydrogens is 933 g/mol. The molecule has 5 aliphatic rings. The average Bonchev–Trinajstić information content (AvgIpc) is 4.12. The van der Waals surface area contributed by atoms with Gasteiger partial charge in [0.15, 0.2) is 6.29 Å². The number of ether oxygens (including phenoxy) is 4. The Morgan fingerprint density at radius 2 is 1.30 bits per heavy atom. The molecule has 4 aliphatic heterocycles. The molecule has 3 fully saturated rings. The average molecular weight is 987 g/mol. The summed E-state index contributed by atoms with van der Waals surface area (Å²) >= 11 is 0. The number of aryl methyl sites for hydroxylation is 1. The Labute approximate surface area is 419 Å². The zero-order valence-corrected chi connectivity index (χ0v) is 40.7. The van der Waals surface area contributed by atoms with E-state index in [1.54, 1.807) is 76.2 Å². The summed E-state index contributed by atoms with van der Waals surface area (Å²) in [4.78, 5) is 98.6. The van der Waals surface area contributed by atoms with Gasteiger partial charge in [0.2, 0.25) is 29.5 Å². The molecule has 5 unspecified atom stereocenters. The zero-order chi connectivity index (χ0) is 51.0. The standard InChI is InChI=1S/C57H54N4O12/c1-29-8-5-12-40(39(29)26-62)70-27-35(24-58-44(63)23-33-17-16-32-15-14-30-9-6-10-31-18-19-37(33)46(32)45(30)31)60-52(65)38-22-34-11-7-13-41(47(34)51(64)48(38)53(60)66)71-28-36(25-59-56(69)73-57(2,3)4)61-54(67)49-42-20-21-43(72-42)50(49)55(61)68/h5-21,26,35-36,38,42-43,48-51,64H,22-25,27-28H2,1-4H3,(H,58,63)(H,59,69)/t35?,36?,38?,42-,43+,48?,49-,50+,51?. The highest BCUT2D eigenvalue weighted by Gasteiger charge is 2.62. The number of likely N-dealkylation sites (tertiary alicyclic amines) is 2. The molecule has 0 saturated carbocycles. The van der Waals surface area contributed by atoms with E-state index in [0.29, 0.717) is 23.0 Å². The predicted octanol–water partition coefficient (Wildman–Crippen LogP) is 5.91. The molecule has 374 valence electrons. The van der Waals surface area contributed by atoms with Crippen molar-refractivity contribution in [3.8, 4) is 11.5 Å². The normalized spacial score (nSPS) is 23.8. The summed E-state index contributed by atoms with van der Waals surface area (Å²) in [5.74, 6) is -5.76. The third-order valence-electron chi connectivity index (χ3n) is 15.1. The molecule has 4 heterocycles. The number of aliphatic hydroxyl groups is 1. The molecule has 3 N–H and O–H groups in total. The van der Waals surface area contributed by atoms with Crippen molar-refractivity contribution in [1.82, 2.24) is 20.4 Å². The van der Waals surface area contributed by atoms with Crippen LogP contribution < -0.4 is 20.1 Å². The van der Waals surface area contributed by atoms with Gasteiger partial charge in [-0.3, -0.25) is 38.6 Å². The van der Waals surface area contributed by atoms with Gasteiger partial charge in [0.05, 0.1) is 66.1 Å². The lowest BCUT2D eigenvalue weighted by atomic mass is 9.75. The Kier molecular flexibility index (Phi) is 12.0. The van der Waals surface area contributed by atoms with E-state index in [4.69, 9.17) is 18.9 Å². The second-order valence-corrected chi connectivity index (χ2v) is 20.7. The first-order chi connectivity index (χ1) is 35.1. The number of nitrogens with zero attached hydrogens (tertiary/aromatic N) is 2. The molecule has 6 amide bonds. The second kappa shape index (κ2) is 18.4. The SMILES string of the molecule is Cc1cccc(OCC(CNC(=O)Cc2ccc3ccc4cccc5ccc2c3c45)N2C(=O)C3Cc4cccc(OCC(CNC(=O)OC(C)(C)C)N5C(=O)[C@@H]6[C@H](C5=O)[C@H]5C=C[C@@H]6O5)c4C(O)C3C2=O)c1C=O. The minimum atomic E-state index is -1.54. The maximum absolute atomic E-state index is 14.8. The van der Waals surface area contributed by atoms with E-state index < -0.39 is 89.4 Å². The Morgan fingerprint density at radius 1 is 0.726 bits per heavy atom. The van der Waals surface area contributed by atoms with Crippen molar-refractivity contribution in [3.63, 3.8) is 0 Å². The highest BCUT2D eigenvalue weighted by Crippen LogP contribution is 2.49. The van der Waals surface area contributed by atoms with Crippen LogP contribution in [0.3, 0.4) is 0 Å². The Morgan fingerprint density at radius 3 is 1.99 bits per heavy atom. The van der Waals surface area contributed by atoms with Crippen LogP contribution >= 0.6 is 0 Å². The van der Waals surface area contributed by atoms with Gasteiger partial charge in [-0.2, -0.15) is 0 Å². The van der Waals surface area contributed by atoms with Gasteiger partial charge in [-0.15, -0.1) is 0 Å². The molecule has 73 heavy (non-hydrogen) atoms. The van der Waals surface area contributed by atoms with Crippen molar-refractivity contribution in [2.24, 2.45) is 23.7 Å². The highest BCUT2D eigenvalue weighted by molar-refractivity contribution is 6.23. The van der Waals surface area contributed by atoms with E-state index in [9.17, 15) is 38.7 Å². The van der Waals surface area contributed by atoms with Crippen LogP contribution in [0.5, 0.6) is 11.5 Å². The smallest absolute Gasteiger partial charge is 0.407 e. The van der Waals surface area contributed by atoms with Gasteiger partial charge in [-0.25, -0.2) is 4.79 Å². The molecule has 0 aromatic heterocycles. The summed E-state index contributed by atoms with van der Waals surface area (Å²) in [7, 11) is 0. The van der Waals surface area contributed by atoms with Crippen LogP contribution in [-0.4, -0.2) is 113 Å². The van der Waals surface area contributed by atoms with Gasteiger partial charge in [0.25, 0.3) is 0 Å². The predicted molar refractivity (Wildman–Crippen MR) is 267 cm³/mol. The number of carbonyl (C=O) groups excluding carboxylic acids is 7. The molecule has 6 aromatic rings. The van der Waals surface area contributed by atoms with Crippen LogP contribution in [0.25, 0.3) is 32.3 Å². The van der Waals surface area contributed by atoms with Crippen LogP contribution in [0, 0.1) is 30.6 Å². The highest BCUT2D eigenvalue weighted by atomic mass is 16.6. The summed E-state index contributed by atoms with van der Waals surface area (Å²) in [6, 6.07) is 26.4. The topological polar surface area (TPSA) is 207 Å². The number of hydrogen-bond acceptors (Lipinski definition) is 12. The lowest BCUT2D eigenvalue weighted by Crippen LogP contribution is -2.51. The summed E-state index contributed by atoms with van der Waals surface area (Å²) in [5.41, 5.74) is 1.75. The zero-order valence-electron chi connectivity index (χ0n) is 40.7. The van der Waals surface area contributed by atoms with Crippen molar-refractivity contribution in [2.45, 2.75) is 76.5 Å². The molecule has 9 atom stereocenters. The monoisotopic (exact) mass is 986 g/mol. The maximum atomic E-state index is 14.8. The quantitative estimate of drug-likeness (QED) is 0.0475. The molecule has 3 saturated heterocycles. The Hall–Kier alpha value is -7.69. The largest absolute Gasteiger partial charge is 0.491 e. The number of fused-ring (bicyclic) bond motifs is 7. The summed E-state index contributed by atoms with van der Waals surface area (Å²) in [5, 5.41) is 24.3. The molecular formula is C57H54N4O12. The number of alkyl carbamates (subject to hydrolysis) is 1. The minimum absolute atomic E-state index is 0.00465. The number of carbonyl (C=O) groups is 7. The van der Waals surface area contributed by atoms with Gasteiger partial charge in [0, 0.05) is 18.7 Å². The number of aliphatic hydroxyl groups excluding tert-OH is 1.